The number of fused-ring (bicyclic) bond motifs is 2. The van der Waals surface area contributed by atoms with Crippen LogP contribution in [0.25, 0.3) is 22.1 Å². The molecule has 0 unspecified atom stereocenters. The second-order valence-electron chi connectivity index (χ2n) is 6.07. The van der Waals surface area contributed by atoms with Crippen molar-refractivity contribution in [3.05, 3.63) is 65.3 Å². The van der Waals surface area contributed by atoms with Gasteiger partial charge in [-0.2, -0.15) is 0 Å². The lowest BCUT2D eigenvalue weighted by Crippen LogP contribution is -2.08. The maximum atomic E-state index is 4.54. The average Bonchev–Trinajstić information content (AvgIpc) is 3.19. The number of nitrogens with one attached hydrogen (secondary N) is 2. The fourth-order valence-electron chi connectivity index (χ4n) is 3.05. The Hall–Kier alpha value is -2.60. The molecule has 0 radical (unpaired) electrons. The van der Waals surface area contributed by atoms with E-state index >= 15 is 0 Å². The largest absolute Gasteiger partial charge is 0.367 e. The number of rotatable bonds is 5. The molecule has 0 saturated carbocycles. The monoisotopic (exact) mass is 395 g/mol. The van der Waals surface area contributed by atoms with Gasteiger partial charge >= 0.3 is 0 Å². The van der Waals surface area contributed by atoms with Crippen LogP contribution in [0, 0.1) is 0 Å². The van der Waals surface area contributed by atoms with Crippen LogP contribution in [-0.4, -0.2) is 25.9 Å². The zero-order chi connectivity index (χ0) is 17.4. The van der Waals surface area contributed by atoms with E-state index in [0.717, 1.165) is 40.3 Å². The average molecular weight is 396 g/mol. The number of aromatic amines is 1. The molecule has 126 valence electrons. The van der Waals surface area contributed by atoms with Gasteiger partial charge < -0.3 is 10.3 Å². The molecular formula is C19H18BrN5. The van der Waals surface area contributed by atoms with Crippen molar-refractivity contribution in [1.29, 1.82) is 0 Å². The van der Waals surface area contributed by atoms with E-state index in [1.165, 1.54) is 16.5 Å². The second-order valence-corrected chi connectivity index (χ2v) is 6.88. The number of aromatic nitrogens is 4. The van der Waals surface area contributed by atoms with Crippen LogP contribution in [0.1, 0.15) is 18.2 Å². The van der Waals surface area contributed by atoms with Gasteiger partial charge in [0, 0.05) is 29.8 Å². The fraction of sp³-hybridized carbons (Fsp3) is 0.158. The predicted molar refractivity (Wildman–Crippen MR) is 106 cm³/mol. The number of anilines is 1. The van der Waals surface area contributed by atoms with Crippen molar-refractivity contribution in [2.75, 3.05) is 11.9 Å². The molecule has 0 atom stereocenters. The normalized spacial score (nSPS) is 11.3. The molecule has 0 amide bonds. The number of H-pyrrole nitrogens is 1. The Morgan fingerprint density at radius 3 is 3.04 bits per heavy atom. The molecule has 0 aliphatic heterocycles. The summed E-state index contributed by atoms with van der Waals surface area (Å²) in [6.07, 6.45) is 6.72. The highest BCUT2D eigenvalue weighted by atomic mass is 79.9. The van der Waals surface area contributed by atoms with E-state index in [0.29, 0.717) is 0 Å². The molecule has 6 heteroatoms. The van der Waals surface area contributed by atoms with Gasteiger partial charge in [0.15, 0.2) is 11.5 Å². The third-order valence-electron chi connectivity index (χ3n) is 4.26. The maximum absolute atomic E-state index is 4.54. The number of benzene rings is 1. The quantitative estimate of drug-likeness (QED) is 0.516. The SMILES string of the molecule is C=C(C)c1cnc2c(NCCc3c[nH]c4ccccc34)nc(Br)cn12. The number of halogens is 1. The molecule has 2 N–H and O–H groups in total. The third kappa shape index (κ3) is 2.93. The molecular weight excluding hydrogens is 378 g/mol. The molecule has 4 rings (SSSR count). The molecule has 4 aromatic rings. The first-order chi connectivity index (χ1) is 12.1. The van der Waals surface area contributed by atoms with Gasteiger partial charge in [0.1, 0.15) is 4.60 Å². The van der Waals surface area contributed by atoms with E-state index in [1.807, 2.05) is 29.8 Å². The lowest BCUT2D eigenvalue weighted by molar-refractivity contribution is 0.997. The van der Waals surface area contributed by atoms with Crippen LogP contribution >= 0.6 is 15.9 Å². The molecule has 0 fully saturated rings. The lowest BCUT2D eigenvalue weighted by Gasteiger charge is -2.08. The molecule has 25 heavy (non-hydrogen) atoms. The van der Waals surface area contributed by atoms with Gasteiger partial charge in [-0.25, -0.2) is 9.97 Å². The van der Waals surface area contributed by atoms with Gasteiger partial charge in [-0.05, 0) is 46.5 Å². The van der Waals surface area contributed by atoms with Crippen molar-refractivity contribution in [3.8, 4) is 0 Å². The zero-order valence-corrected chi connectivity index (χ0v) is 15.5. The van der Waals surface area contributed by atoms with Gasteiger partial charge in [0.25, 0.3) is 0 Å². The molecule has 0 spiro atoms. The first kappa shape index (κ1) is 15.9. The van der Waals surface area contributed by atoms with Crippen LogP contribution in [-0.2, 0) is 6.42 Å². The minimum absolute atomic E-state index is 0.759. The molecule has 0 bridgehead atoms. The number of imidazole rings is 1. The van der Waals surface area contributed by atoms with Crippen molar-refractivity contribution in [2.45, 2.75) is 13.3 Å². The van der Waals surface area contributed by atoms with Gasteiger partial charge in [0.05, 0.1) is 11.9 Å². The molecule has 3 heterocycles. The summed E-state index contributed by atoms with van der Waals surface area (Å²) in [5.74, 6) is 0.765. The van der Waals surface area contributed by atoms with Crippen molar-refractivity contribution < 1.29 is 0 Å². The summed E-state index contributed by atoms with van der Waals surface area (Å²) < 4.78 is 2.77. The van der Waals surface area contributed by atoms with Gasteiger partial charge in [-0.3, -0.25) is 4.40 Å². The summed E-state index contributed by atoms with van der Waals surface area (Å²) in [4.78, 5) is 12.4. The summed E-state index contributed by atoms with van der Waals surface area (Å²) >= 11 is 3.48. The first-order valence-corrected chi connectivity index (χ1v) is 8.91. The Morgan fingerprint density at radius 1 is 1.36 bits per heavy atom. The standard InChI is InChI=1S/C19H18BrN5/c1-12(2)16-10-23-19-18(24-17(20)11-25(16)19)21-8-7-13-9-22-15-6-4-3-5-14(13)15/h3-6,9-11,22H,1,7-8H2,2H3,(H,21,24). The highest BCUT2D eigenvalue weighted by Crippen LogP contribution is 2.23. The molecule has 0 saturated heterocycles. The summed E-state index contributed by atoms with van der Waals surface area (Å²) in [6, 6.07) is 8.34. The number of para-hydroxylation sites is 1. The smallest absolute Gasteiger partial charge is 0.180 e. The summed E-state index contributed by atoms with van der Waals surface area (Å²) in [6.45, 7) is 6.76. The molecule has 5 nitrogen and oxygen atoms in total. The molecule has 0 aliphatic carbocycles. The second kappa shape index (κ2) is 6.37. The van der Waals surface area contributed by atoms with E-state index < -0.39 is 0 Å². The van der Waals surface area contributed by atoms with E-state index in [2.05, 4.69) is 67.2 Å². The van der Waals surface area contributed by atoms with Crippen molar-refractivity contribution in [1.82, 2.24) is 19.4 Å². The molecule has 1 aromatic carbocycles. The molecule has 0 aliphatic rings. The van der Waals surface area contributed by atoms with Crippen LogP contribution in [0.4, 0.5) is 5.82 Å². The van der Waals surface area contributed by atoms with Crippen LogP contribution in [0.5, 0.6) is 0 Å². The fourth-order valence-corrected chi connectivity index (χ4v) is 3.43. The Bertz CT molecular complexity index is 1080. The van der Waals surface area contributed by atoms with Gasteiger partial charge in [-0.1, -0.05) is 24.8 Å². The van der Waals surface area contributed by atoms with Gasteiger partial charge in [-0.15, -0.1) is 0 Å². The minimum Gasteiger partial charge on any atom is -0.367 e. The van der Waals surface area contributed by atoms with Crippen LogP contribution < -0.4 is 5.32 Å². The first-order valence-electron chi connectivity index (χ1n) is 8.12. The zero-order valence-electron chi connectivity index (χ0n) is 13.9. The summed E-state index contributed by atoms with van der Waals surface area (Å²) in [5.41, 5.74) is 5.22. The number of nitrogens with zero attached hydrogens (tertiary/aromatic N) is 3. The maximum Gasteiger partial charge on any atom is 0.180 e. The number of allylic oxidation sites excluding steroid dienone is 1. The van der Waals surface area contributed by atoms with E-state index in [1.54, 1.807) is 0 Å². The van der Waals surface area contributed by atoms with Crippen molar-refractivity contribution >= 4 is 43.9 Å². The minimum atomic E-state index is 0.759. The summed E-state index contributed by atoms with van der Waals surface area (Å²) in [7, 11) is 0. The van der Waals surface area contributed by atoms with Crippen molar-refractivity contribution in [3.63, 3.8) is 0 Å². The Morgan fingerprint density at radius 2 is 2.20 bits per heavy atom. The lowest BCUT2D eigenvalue weighted by atomic mass is 10.1. The van der Waals surface area contributed by atoms with Crippen LogP contribution in [0.2, 0.25) is 0 Å². The summed E-state index contributed by atoms with van der Waals surface area (Å²) in [5, 5.41) is 4.68. The highest BCUT2D eigenvalue weighted by Gasteiger charge is 2.11. The van der Waals surface area contributed by atoms with E-state index in [9.17, 15) is 0 Å². The number of hydrogen-bond donors (Lipinski definition) is 2. The Balaban J connectivity index is 1.58. The Labute approximate surface area is 153 Å². The highest BCUT2D eigenvalue weighted by molar-refractivity contribution is 9.10. The topological polar surface area (TPSA) is 58.0 Å². The van der Waals surface area contributed by atoms with E-state index in [4.69, 9.17) is 0 Å². The van der Waals surface area contributed by atoms with Gasteiger partial charge in [0.2, 0.25) is 0 Å². The van der Waals surface area contributed by atoms with Crippen molar-refractivity contribution in [2.24, 2.45) is 0 Å². The van der Waals surface area contributed by atoms with Crippen LogP contribution in [0.3, 0.4) is 0 Å². The molecule has 3 aromatic heterocycles. The third-order valence-corrected chi connectivity index (χ3v) is 4.64. The predicted octanol–water partition coefficient (Wildman–Crippen LogP) is 4.66. The van der Waals surface area contributed by atoms with Crippen LogP contribution in [0.15, 0.2) is 54.0 Å². The Kier molecular flexibility index (Phi) is 4.05. The van der Waals surface area contributed by atoms with E-state index in [-0.39, 0.29) is 0 Å². The number of hydrogen-bond acceptors (Lipinski definition) is 3.